The Hall–Kier alpha value is -1.89. The highest BCUT2D eigenvalue weighted by Crippen LogP contribution is 2.11. The molecule has 0 saturated heterocycles. The molecule has 2 heterocycles. The molecule has 0 bridgehead atoms. The largest absolute Gasteiger partial charge is 0.480 e. The Morgan fingerprint density at radius 2 is 2.44 bits per heavy atom. The number of imidazole rings is 1. The van der Waals surface area contributed by atoms with E-state index in [1.54, 1.807) is 6.33 Å². The third-order valence-corrected chi connectivity index (χ3v) is 2.46. The summed E-state index contributed by atoms with van der Waals surface area (Å²) in [5.41, 5.74) is 1.83. The van der Waals surface area contributed by atoms with Crippen molar-refractivity contribution in [3.8, 4) is 0 Å². The lowest BCUT2D eigenvalue weighted by atomic mass is 10.0. The molecule has 86 valence electrons. The molecule has 0 radical (unpaired) electrons. The number of hydrogen-bond acceptors (Lipinski definition) is 4. The Kier molecular flexibility index (Phi) is 2.86. The molecule has 7 nitrogen and oxygen atoms in total. The molecule has 0 saturated carbocycles. The molecule has 0 unspecified atom stereocenters. The highest BCUT2D eigenvalue weighted by molar-refractivity contribution is 5.85. The Morgan fingerprint density at radius 3 is 3.19 bits per heavy atom. The quantitative estimate of drug-likeness (QED) is 0.506. The zero-order valence-corrected chi connectivity index (χ0v) is 8.49. The lowest BCUT2D eigenvalue weighted by Gasteiger charge is -2.21. The third-order valence-electron chi connectivity index (χ3n) is 2.46. The predicted octanol–water partition coefficient (Wildman–Crippen LogP) is -1.38. The Bertz CT molecular complexity index is 415. The Balaban J connectivity index is 1.93. The molecular formula is C9H12N4O3. The fraction of sp³-hybridized carbons (Fsp3) is 0.444. The molecule has 1 aliphatic heterocycles. The van der Waals surface area contributed by atoms with Crippen molar-refractivity contribution in [2.45, 2.75) is 19.0 Å². The van der Waals surface area contributed by atoms with Gasteiger partial charge in [-0.25, -0.2) is 4.98 Å². The fourth-order valence-electron chi connectivity index (χ4n) is 1.64. The molecule has 16 heavy (non-hydrogen) atoms. The van der Waals surface area contributed by atoms with Crippen molar-refractivity contribution in [3.63, 3.8) is 0 Å². The summed E-state index contributed by atoms with van der Waals surface area (Å²) in [6, 6.07) is -0.407. The smallest absolute Gasteiger partial charge is 0.322 e. The van der Waals surface area contributed by atoms with Gasteiger partial charge in [0.15, 0.2) is 0 Å². The summed E-state index contributed by atoms with van der Waals surface area (Å²) in [7, 11) is 0. The van der Waals surface area contributed by atoms with Gasteiger partial charge in [-0.2, -0.15) is 0 Å². The number of aliphatic carboxylic acids is 1. The number of rotatable bonds is 3. The van der Waals surface area contributed by atoms with Crippen molar-refractivity contribution >= 4 is 11.9 Å². The molecule has 2 rings (SSSR count). The maximum Gasteiger partial charge on any atom is 0.322 e. The van der Waals surface area contributed by atoms with E-state index in [9.17, 15) is 9.59 Å². The number of nitrogens with one attached hydrogen (secondary N) is 3. The Labute approximate surface area is 91.3 Å². The molecule has 0 spiro atoms. The van der Waals surface area contributed by atoms with Crippen molar-refractivity contribution in [1.29, 1.82) is 0 Å². The fourth-order valence-corrected chi connectivity index (χ4v) is 1.64. The summed E-state index contributed by atoms with van der Waals surface area (Å²) in [4.78, 5) is 28.9. The van der Waals surface area contributed by atoms with Gasteiger partial charge in [0.05, 0.1) is 23.8 Å². The topological polar surface area (TPSA) is 107 Å². The van der Waals surface area contributed by atoms with Crippen LogP contribution in [0.25, 0.3) is 0 Å². The number of carbonyl (C=O) groups excluding carboxylic acids is 1. The number of hydrogen-bond donors (Lipinski definition) is 4. The lowest BCUT2D eigenvalue weighted by molar-refractivity contribution is -0.138. The molecule has 1 aromatic rings. The summed E-state index contributed by atoms with van der Waals surface area (Å²) >= 11 is 0. The van der Waals surface area contributed by atoms with Gasteiger partial charge in [0, 0.05) is 13.0 Å². The first-order valence-corrected chi connectivity index (χ1v) is 4.91. The van der Waals surface area contributed by atoms with Crippen molar-refractivity contribution in [2.24, 2.45) is 0 Å². The molecule has 1 amide bonds. The zero-order chi connectivity index (χ0) is 11.5. The molecule has 7 heteroatoms. The van der Waals surface area contributed by atoms with E-state index in [-0.39, 0.29) is 12.5 Å². The van der Waals surface area contributed by atoms with Gasteiger partial charge in [0.2, 0.25) is 5.91 Å². The first-order chi connectivity index (χ1) is 7.66. The van der Waals surface area contributed by atoms with Gasteiger partial charge in [-0.05, 0) is 0 Å². The van der Waals surface area contributed by atoms with Crippen LogP contribution in [0.5, 0.6) is 0 Å². The van der Waals surface area contributed by atoms with Gasteiger partial charge < -0.3 is 15.4 Å². The van der Waals surface area contributed by atoms with Crippen LogP contribution in [0.4, 0.5) is 0 Å². The summed E-state index contributed by atoms with van der Waals surface area (Å²) in [6.07, 6.45) is 2.06. The van der Waals surface area contributed by atoms with Gasteiger partial charge in [-0.15, -0.1) is 0 Å². The van der Waals surface area contributed by atoms with Gasteiger partial charge in [0.1, 0.15) is 6.54 Å². The number of nitrogens with zero attached hydrogens (tertiary/aromatic N) is 1. The molecule has 4 N–H and O–H groups in total. The standard InChI is InChI=1S/C9H12N4O3/c14-8(15)3-11-9(16)6-1-5-7(2-10-6)13-4-12-5/h4,6,10H,1-3H2,(H,11,16)(H,12,13)(H,14,15)/t6-/m0/s1. The van der Waals surface area contributed by atoms with Gasteiger partial charge in [-0.1, -0.05) is 0 Å². The van der Waals surface area contributed by atoms with Crippen molar-refractivity contribution in [1.82, 2.24) is 20.6 Å². The first-order valence-electron chi connectivity index (χ1n) is 4.91. The minimum absolute atomic E-state index is 0.309. The average molecular weight is 224 g/mol. The van der Waals surface area contributed by atoms with Crippen LogP contribution in [0.3, 0.4) is 0 Å². The maximum atomic E-state index is 11.6. The zero-order valence-electron chi connectivity index (χ0n) is 8.49. The molecular weight excluding hydrogens is 212 g/mol. The average Bonchev–Trinajstić information content (AvgIpc) is 2.72. The lowest BCUT2D eigenvalue weighted by Crippen LogP contribution is -2.48. The van der Waals surface area contributed by atoms with Gasteiger partial charge in [0.25, 0.3) is 0 Å². The van der Waals surface area contributed by atoms with E-state index in [0.717, 1.165) is 11.4 Å². The number of H-pyrrole nitrogens is 1. The maximum absolute atomic E-state index is 11.6. The molecule has 1 atom stereocenters. The van der Waals surface area contributed by atoms with E-state index in [4.69, 9.17) is 5.11 Å². The van der Waals surface area contributed by atoms with Crippen LogP contribution in [0.1, 0.15) is 11.4 Å². The number of carboxylic acids is 1. The number of carbonyl (C=O) groups is 2. The van der Waals surface area contributed by atoms with E-state index in [0.29, 0.717) is 13.0 Å². The van der Waals surface area contributed by atoms with E-state index >= 15 is 0 Å². The number of carboxylic acid groups (broad SMARTS) is 1. The van der Waals surface area contributed by atoms with Crippen LogP contribution in [0, 0.1) is 0 Å². The second kappa shape index (κ2) is 4.31. The number of amides is 1. The van der Waals surface area contributed by atoms with Crippen LogP contribution >= 0.6 is 0 Å². The molecule has 0 fully saturated rings. The molecule has 0 aromatic carbocycles. The van der Waals surface area contributed by atoms with E-state index < -0.39 is 12.0 Å². The minimum Gasteiger partial charge on any atom is -0.480 e. The van der Waals surface area contributed by atoms with E-state index in [1.165, 1.54) is 0 Å². The molecule has 0 aliphatic carbocycles. The van der Waals surface area contributed by atoms with Crippen LogP contribution in [0.15, 0.2) is 6.33 Å². The van der Waals surface area contributed by atoms with E-state index in [1.807, 2.05) is 0 Å². The summed E-state index contributed by atoms with van der Waals surface area (Å²) in [6.45, 7) is 0.185. The van der Waals surface area contributed by atoms with Crippen molar-refractivity contribution < 1.29 is 14.7 Å². The highest BCUT2D eigenvalue weighted by Gasteiger charge is 2.25. The van der Waals surface area contributed by atoms with Crippen molar-refractivity contribution in [3.05, 3.63) is 17.7 Å². The molecule has 1 aliphatic rings. The first kappa shape index (κ1) is 10.6. The van der Waals surface area contributed by atoms with E-state index in [2.05, 4.69) is 20.6 Å². The Morgan fingerprint density at radius 1 is 1.62 bits per heavy atom. The highest BCUT2D eigenvalue weighted by atomic mass is 16.4. The van der Waals surface area contributed by atoms with Crippen LogP contribution in [0.2, 0.25) is 0 Å². The van der Waals surface area contributed by atoms with Gasteiger partial charge in [-0.3, -0.25) is 14.9 Å². The van der Waals surface area contributed by atoms with Crippen LogP contribution in [-0.4, -0.2) is 39.5 Å². The third kappa shape index (κ3) is 2.19. The van der Waals surface area contributed by atoms with Crippen LogP contribution < -0.4 is 10.6 Å². The van der Waals surface area contributed by atoms with Crippen LogP contribution in [-0.2, 0) is 22.6 Å². The van der Waals surface area contributed by atoms with Crippen molar-refractivity contribution in [2.75, 3.05) is 6.54 Å². The second-order valence-electron chi connectivity index (χ2n) is 3.58. The number of fused-ring (bicyclic) bond motifs is 1. The normalized spacial score (nSPS) is 18.9. The predicted molar refractivity (Wildman–Crippen MR) is 53.6 cm³/mol. The summed E-state index contributed by atoms with van der Waals surface area (Å²) in [5.74, 6) is -1.36. The monoisotopic (exact) mass is 224 g/mol. The summed E-state index contributed by atoms with van der Waals surface area (Å²) in [5, 5.41) is 13.8. The summed E-state index contributed by atoms with van der Waals surface area (Å²) < 4.78 is 0. The minimum atomic E-state index is -1.05. The molecule has 1 aromatic heterocycles. The number of aromatic amines is 1. The SMILES string of the molecule is O=C(O)CNC(=O)[C@@H]1Cc2nc[nH]c2CN1. The second-order valence-corrected chi connectivity index (χ2v) is 3.58. The van der Waals surface area contributed by atoms with Gasteiger partial charge >= 0.3 is 5.97 Å². The number of aromatic nitrogens is 2.